The molecule has 0 bridgehead atoms. The van der Waals surface area contributed by atoms with Gasteiger partial charge in [-0.15, -0.1) is 6.58 Å². The third kappa shape index (κ3) is 3.30. The molecule has 1 rings (SSSR count). The number of anilines is 1. The molecule has 0 aliphatic carbocycles. The number of nitro groups is 1. The molecule has 0 aliphatic rings. The molecule has 0 atom stereocenters. The maximum atomic E-state index is 11.6. The van der Waals surface area contributed by atoms with Crippen molar-refractivity contribution in [3.8, 4) is 0 Å². The highest BCUT2D eigenvalue weighted by Gasteiger charge is 2.21. The number of nitrogens with zero attached hydrogens (tertiary/aromatic N) is 2. The number of benzene rings is 1. The molecule has 0 fully saturated rings. The van der Waals surface area contributed by atoms with Crippen LogP contribution in [0.1, 0.15) is 0 Å². The number of nitro benzene ring substituents is 1. The molecule has 0 radical (unpaired) electrons. The largest absolute Gasteiger partial charge is 0.271 e. The molecular formula is C10H11BrN2O4S. The van der Waals surface area contributed by atoms with Crippen molar-refractivity contribution in [3.63, 3.8) is 0 Å². The first-order chi connectivity index (χ1) is 8.27. The minimum Gasteiger partial charge on any atom is -0.265 e. The highest BCUT2D eigenvalue weighted by Crippen LogP contribution is 2.31. The number of non-ortho nitro benzene ring substituents is 1. The number of sulfonamides is 1. The van der Waals surface area contributed by atoms with Gasteiger partial charge in [-0.1, -0.05) is 6.08 Å². The van der Waals surface area contributed by atoms with E-state index in [1.807, 2.05) is 0 Å². The summed E-state index contributed by atoms with van der Waals surface area (Å²) in [5.74, 6) is 0. The van der Waals surface area contributed by atoms with Gasteiger partial charge in [-0.25, -0.2) is 8.42 Å². The maximum Gasteiger partial charge on any atom is 0.271 e. The third-order valence-electron chi connectivity index (χ3n) is 2.10. The van der Waals surface area contributed by atoms with Crippen molar-refractivity contribution in [1.82, 2.24) is 0 Å². The van der Waals surface area contributed by atoms with E-state index in [2.05, 4.69) is 22.5 Å². The van der Waals surface area contributed by atoms with Crippen molar-refractivity contribution in [2.75, 3.05) is 17.1 Å². The van der Waals surface area contributed by atoms with Crippen LogP contribution < -0.4 is 4.31 Å². The van der Waals surface area contributed by atoms with E-state index in [1.165, 1.54) is 24.3 Å². The van der Waals surface area contributed by atoms with Gasteiger partial charge in [0.2, 0.25) is 10.0 Å². The smallest absolute Gasteiger partial charge is 0.265 e. The van der Waals surface area contributed by atoms with Gasteiger partial charge in [0.25, 0.3) is 5.69 Å². The quantitative estimate of drug-likeness (QED) is 0.470. The average molecular weight is 335 g/mol. The van der Waals surface area contributed by atoms with E-state index in [1.54, 1.807) is 0 Å². The Hall–Kier alpha value is -1.41. The minimum atomic E-state index is -3.54. The van der Waals surface area contributed by atoms with Crippen LogP contribution >= 0.6 is 15.9 Å². The van der Waals surface area contributed by atoms with Crippen molar-refractivity contribution in [3.05, 3.63) is 45.4 Å². The Labute approximate surface area is 113 Å². The predicted molar refractivity (Wildman–Crippen MR) is 73.2 cm³/mol. The zero-order chi connectivity index (χ0) is 13.9. The van der Waals surface area contributed by atoms with Gasteiger partial charge >= 0.3 is 0 Å². The molecule has 0 N–H and O–H groups in total. The molecule has 0 aliphatic heterocycles. The van der Waals surface area contributed by atoms with Gasteiger partial charge in [-0.3, -0.25) is 14.4 Å². The summed E-state index contributed by atoms with van der Waals surface area (Å²) in [5, 5.41) is 10.7. The van der Waals surface area contributed by atoms with Gasteiger partial charge in [0, 0.05) is 16.6 Å². The third-order valence-corrected chi connectivity index (χ3v) is 3.92. The summed E-state index contributed by atoms with van der Waals surface area (Å²) < 4.78 is 24.8. The molecule has 1 aromatic carbocycles. The number of rotatable bonds is 5. The van der Waals surface area contributed by atoms with Gasteiger partial charge in [0.15, 0.2) is 0 Å². The lowest BCUT2D eigenvalue weighted by Crippen LogP contribution is -2.30. The average Bonchev–Trinajstić information content (AvgIpc) is 2.25. The maximum absolute atomic E-state index is 11.6. The van der Waals surface area contributed by atoms with Crippen LogP contribution in [0.3, 0.4) is 0 Å². The Kier molecular flexibility index (Phi) is 4.47. The van der Waals surface area contributed by atoms with E-state index in [4.69, 9.17) is 0 Å². The highest BCUT2D eigenvalue weighted by molar-refractivity contribution is 9.10. The second kappa shape index (κ2) is 5.49. The van der Waals surface area contributed by atoms with Crippen LogP contribution in [-0.4, -0.2) is 26.1 Å². The summed E-state index contributed by atoms with van der Waals surface area (Å²) in [4.78, 5) is 10.1. The summed E-state index contributed by atoms with van der Waals surface area (Å²) in [7, 11) is -3.54. The molecule has 1 aromatic rings. The first-order valence-electron chi connectivity index (χ1n) is 4.80. The van der Waals surface area contributed by atoms with Gasteiger partial charge in [-0.2, -0.15) is 0 Å². The van der Waals surface area contributed by atoms with E-state index >= 15 is 0 Å². The van der Waals surface area contributed by atoms with Crippen LogP contribution in [0.2, 0.25) is 0 Å². The Morgan fingerprint density at radius 1 is 1.56 bits per heavy atom. The molecular weight excluding hydrogens is 324 g/mol. The molecule has 8 heteroatoms. The van der Waals surface area contributed by atoms with E-state index in [9.17, 15) is 18.5 Å². The zero-order valence-corrected chi connectivity index (χ0v) is 11.9. The molecule has 0 aromatic heterocycles. The summed E-state index contributed by atoms with van der Waals surface area (Å²) in [6, 6.07) is 3.94. The molecule has 0 spiro atoms. The van der Waals surface area contributed by atoms with Crippen LogP contribution in [0.5, 0.6) is 0 Å². The first-order valence-corrected chi connectivity index (χ1v) is 7.44. The molecule has 18 heavy (non-hydrogen) atoms. The Morgan fingerprint density at radius 2 is 2.17 bits per heavy atom. The van der Waals surface area contributed by atoms with Crippen LogP contribution in [0.15, 0.2) is 35.3 Å². The van der Waals surface area contributed by atoms with Crippen LogP contribution in [0.25, 0.3) is 0 Å². The number of hydrogen-bond acceptors (Lipinski definition) is 4. The lowest BCUT2D eigenvalue weighted by molar-refractivity contribution is -0.384. The summed E-state index contributed by atoms with van der Waals surface area (Å²) in [6.07, 6.45) is 2.44. The van der Waals surface area contributed by atoms with E-state index < -0.39 is 14.9 Å². The fourth-order valence-corrected chi connectivity index (χ4v) is 2.80. The van der Waals surface area contributed by atoms with Gasteiger partial charge in [-0.05, 0) is 22.0 Å². The van der Waals surface area contributed by atoms with Gasteiger partial charge in [0.1, 0.15) is 0 Å². The zero-order valence-electron chi connectivity index (χ0n) is 9.54. The monoisotopic (exact) mass is 334 g/mol. The topological polar surface area (TPSA) is 80.5 Å². The molecule has 6 nitrogen and oxygen atoms in total. The first kappa shape index (κ1) is 14.7. The van der Waals surface area contributed by atoms with Crippen LogP contribution in [0.4, 0.5) is 11.4 Å². The van der Waals surface area contributed by atoms with E-state index in [0.717, 1.165) is 10.6 Å². The molecule has 98 valence electrons. The van der Waals surface area contributed by atoms with Crippen molar-refractivity contribution in [2.45, 2.75) is 0 Å². The van der Waals surface area contributed by atoms with Gasteiger partial charge in [0.05, 0.1) is 23.4 Å². The standard InChI is InChI=1S/C10H11BrN2O4S/c1-3-6-12(18(2,16)17)10-7-8(13(14)15)4-5-9(10)11/h3-5,7H,1,6H2,2H3. The molecule has 0 heterocycles. The molecule has 0 saturated carbocycles. The predicted octanol–water partition coefficient (Wildman–Crippen LogP) is 2.31. The minimum absolute atomic E-state index is 0.0403. The Morgan fingerprint density at radius 3 is 2.61 bits per heavy atom. The highest BCUT2D eigenvalue weighted by atomic mass is 79.9. The SMILES string of the molecule is C=CCN(c1cc([N+](=O)[O-])ccc1Br)S(C)(=O)=O. The van der Waals surface area contributed by atoms with Crippen LogP contribution in [0, 0.1) is 10.1 Å². The molecule has 0 amide bonds. The summed E-state index contributed by atoms with van der Waals surface area (Å²) >= 11 is 3.18. The second-order valence-corrected chi connectivity index (χ2v) is 6.24. The van der Waals surface area contributed by atoms with Crippen LogP contribution in [-0.2, 0) is 10.0 Å². The lowest BCUT2D eigenvalue weighted by atomic mass is 10.3. The summed E-state index contributed by atoms with van der Waals surface area (Å²) in [5.41, 5.74) is 0.0394. The molecule has 0 saturated heterocycles. The fourth-order valence-electron chi connectivity index (χ4n) is 1.34. The fraction of sp³-hybridized carbons (Fsp3) is 0.200. The van der Waals surface area contributed by atoms with Gasteiger partial charge < -0.3 is 0 Å². The Balaban J connectivity index is 3.40. The normalized spacial score (nSPS) is 11.0. The van der Waals surface area contributed by atoms with Crippen molar-refractivity contribution in [1.29, 1.82) is 0 Å². The van der Waals surface area contributed by atoms with Crippen molar-refractivity contribution in [2.24, 2.45) is 0 Å². The number of halogens is 1. The second-order valence-electron chi connectivity index (χ2n) is 3.48. The van der Waals surface area contributed by atoms with Crippen molar-refractivity contribution >= 4 is 37.3 Å². The molecule has 0 unspecified atom stereocenters. The Bertz CT molecular complexity index is 586. The van der Waals surface area contributed by atoms with E-state index in [-0.39, 0.29) is 17.9 Å². The van der Waals surface area contributed by atoms with Crippen molar-refractivity contribution < 1.29 is 13.3 Å². The van der Waals surface area contributed by atoms with E-state index in [0.29, 0.717) is 4.47 Å². The number of hydrogen-bond donors (Lipinski definition) is 0. The summed E-state index contributed by atoms with van der Waals surface area (Å²) in [6.45, 7) is 3.51. The lowest BCUT2D eigenvalue weighted by Gasteiger charge is -2.21.